The minimum absolute atomic E-state index is 0.0357. The van der Waals surface area contributed by atoms with Crippen molar-refractivity contribution in [1.82, 2.24) is 4.98 Å². The minimum atomic E-state index is -0.611. The molecule has 7 heteroatoms. The predicted octanol–water partition coefficient (Wildman–Crippen LogP) is 3.92. The molecule has 132 valence electrons. The van der Waals surface area contributed by atoms with Gasteiger partial charge in [0, 0.05) is 10.4 Å². The van der Waals surface area contributed by atoms with E-state index in [1.54, 1.807) is 6.07 Å². The topological polar surface area (TPSA) is 68.3 Å². The Morgan fingerprint density at radius 2 is 1.81 bits per heavy atom. The Bertz CT molecular complexity index is 941. The molecule has 1 heterocycles. The second-order valence-corrected chi connectivity index (χ2v) is 6.43. The van der Waals surface area contributed by atoms with E-state index >= 15 is 0 Å². The normalized spacial score (nSPS) is 10.4. The predicted molar refractivity (Wildman–Crippen MR) is 97.6 cm³/mol. The molecule has 0 aliphatic rings. The maximum absolute atomic E-state index is 13.8. The molecule has 0 aliphatic carbocycles. The summed E-state index contributed by atoms with van der Waals surface area (Å²) in [6.07, 6.45) is 0.0357. The lowest BCUT2D eigenvalue weighted by Crippen LogP contribution is -2.13. The Hall–Kier alpha value is -3.06. The summed E-state index contributed by atoms with van der Waals surface area (Å²) in [4.78, 5) is 29.1. The van der Waals surface area contributed by atoms with Gasteiger partial charge in [0.15, 0.2) is 5.13 Å². The van der Waals surface area contributed by atoms with Gasteiger partial charge in [-0.3, -0.25) is 14.9 Å². The zero-order valence-corrected chi connectivity index (χ0v) is 14.7. The monoisotopic (exact) mass is 370 g/mol. The van der Waals surface area contributed by atoms with Gasteiger partial charge in [-0.25, -0.2) is 9.37 Å². The van der Waals surface area contributed by atoms with E-state index in [4.69, 9.17) is 4.74 Å². The zero-order valence-electron chi connectivity index (χ0n) is 13.9. The van der Waals surface area contributed by atoms with E-state index in [2.05, 4.69) is 10.3 Å². The maximum atomic E-state index is 13.8. The Balaban J connectivity index is 1.92. The summed E-state index contributed by atoms with van der Waals surface area (Å²) in [5, 5.41) is 2.89. The van der Waals surface area contributed by atoms with Crippen molar-refractivity contribution in [1.29, 1.82) is 0 Å². The van der Waals surface area contributed by atoms with Crippen LogP contribution in [-0.2, 0) is 16.0 Å². The summed E-state index contributed by atoms with van der Waals surface area (Å²) in [5.41, 5.74) is 1.33. The number of rotatable bonds is 5. The third-order valence-corrected chi connectivity index (χ3v) is 4.59. The van der Waals surface area contributed by atoms with Crippen molar-refractivity contribution in [3.63, 3.8) is 0 Å². The number of amides is 1. The Kier molecular flexibility index (Phi) is 5.38. The van der Waals surface area contributed by atoms with Crippen molar-refractivity contribution in [2.45, 2.75) is 6.42 Å². The van der Waals surface area contributed by atoms with Gasteiger partial charge in [0.1, 0.15) is 5.82 Å². The highest BCUT2D eigenvalue weighted by molar-refractivity contribution is 7.16. The van der Waals surface area contributed by atoms with Crippen molar-refractivity contribution < 1.29 is 18.7 Å². The molecule has 3 aromatic rings. The van der Waals surface area contributed by atoms with E-state index in [1.807, 2.05) is 30.3 Å². The molecule has 0 bridgehead atoms. The number of benzene rings is 2. The molecule has 0 aliphatic heterocycles. The molecule has 0 saturated heterocycles. The van der Waals surface area contributed by atoms with Gasteiger partial charge in [-0.15, -0.1) is 11.3 Å². The number of nitrogens with zero attached hydrogens (tertiary/aromatic N) is 1. The van der Waals surface area contributed by atoms with E-state index in [1.165, 1.54) is 25.3 Å². The standard InChI is InChI=1S/C19H15FN2O3S/c1-25-16(23)11-15-17(12-7-3-2-4-8-12)21-19(26-15)22-18(24)13-9-5-6-10-14(13)20/h2-10H,11H2,1H3,(H,21,22,24). The fourth-order valence-electron chi connectivity index (χ4n) is 2.36. The zero-order chi connectivity index (χ0) is 18.5. The lowest BCUT2D eigenvalue weighted by atomic mass is 10.1. The molecule has 26 heavy (non-hydrogen) atoms. The molecule has 5 nitrogen and oxygen atoms in total. The molecule has 0 radical (unpaired) electrons. The van der Waals surface area contributed by atoms with Crippen LogP contribution in [0.1, 0.15) is 15.2 Å². The maximum Gasteiger partial charge on any atom is 0.310 e. The largest absolute Gasteiger partial charge is 0.469 e. The van der Waals surface area contributed by atoms with Crippen LogP contribution in [0.4, 0.5) is 9.52 Å². The number of nitrogens with one attached hydrogen (secondary N) is 1. The lowest BCUT2D eigenvalue weighted by Gasteiger charge is -2.02. The number of thiazole rings is 1. The number of halogens is 1. The quantitative estimate of drug-likeness (QED) is 0.691. The first-order valence-corrected chi connectivity index (χ1v) is 8.58. The van der Waals surface area contributed by atoms with Gasteiger partial charge in [0.05, 0.1) is 24.8 Å². The van der Waals surface area contributed by atoms with Crippen molar-refractivity contribution in [3.8, 4) is 11.3 Å². The van der Waals surface area contributed by atoms with Gasteiger partial charge in [0.25, 0.3) is 5.91 Å². The second-order valence-electron chi connectivity index (χ2n) is 5.34. The number of methoxy groups -OCH3 is 1. The molecule has 1 amide bonds. The van der Waals surface area contributed by atoms with Crippen LogP contribution in [-0.4, -0.2) is 24.0 Å². The van der Waals surface area contributed by atoms with Crippen molar-refractivity contribution in [2.24, 2.45) is 0 Å². The molecule has 0 fully saturated rings. The number of hydrogen-bond donors (Lipinski definition) is 1. The first kappa shape index (κ1) is 17.8. The van der Waals surface area contributed by atoms with Crippen LogP contribution in [0.3, 0.4) is 0 Å². The average molecular weight is 370 g/mol. The first-order valence-electron chi connectivity index (χ1n) is 7.76. The fourth-order valence-corrected chi connectivity index (χ4v) is 3.32. The minimum Gasteiger partial charge on any atom is -0.469 e. The van der Waals surface area contributed by atoms with E-state index < -0.39 is 17.7 Å². The van der Waals surface area contributed by atoms with Crippen LogP contribution in [0.15, 0.2) is 54.6 Å². The van der Waals surface area contributed by atoms with Gasteiger partial charge >= 0.3 is 5.97 Å². The number of anilines is 1. The fraction of sp³-hybridized carbons (Fsp3) is 0.105. The van der Waals surface area contributed by atoms with Gasteiger partial charge in [-0.2, -0.15) is 0 Å². The highest BCUT2D eigenvalue weighted by Crippen LogP contribution is 2.32. The second kappa shape index (κ2) is 7.88. The number of aromatic nitrogens is 1. The number of esters is 1. The molecule has 0 spiro atoms. The lowest BCUT2D eigenvalue weighted by molar-refractivity contribution is -0.139. The van der Waals surface area contributed by atoms with Gasteiger partial charge in [-0.05, 0) is 12.1 Å². The van der Waals surface area contributed by atoms with Gasteiger partial charge < -0.3 is 4.74 Å². The Morgan fingerprint density at radius 3 is 2.50 bits per heavy atom. The van der Waals surface area contributed by atoms with Crippen LogP contribution in [0.2, 0.25) is 0 Å². The number of hydrogen-bond acceptors (Lipinski definition) is 5. The number of ether oxygens (including phenoxy) is 1. The summed E-state index contributed by atoms with van der Waals surface area (Å²) in [6.45, 7) is 0. The van der Waals surface area contributed by atoms with E-state index in [0.29, 0.717) is 10.6 Å². The van der Waals surface area contributed by atoms with Crippen LogP contribution < -0.4 is 5.32 Å². The molecule has 1 aromatic heterocycles. The third kappa shape index (κ3) is 3.94. The number of carbonyl (C=O) groups excluding carboxylic acids is 2. The van der Waals surface area contributed by atoms with Crippen molar-refractivity contribution in [2.75, 3.05) is 12.4 Å². The Morgan fingerprint density at radius 1 is 1.12 bits per heavy atom. The summed E-state index contributed by atoms with van der Waals surface area (Å²) in [7, 11) is 1.31. The molecular weight excluding hydrogens is 355 g/mol. The van der Waals surface area contributed by atoms with E-state index in [0.717, 1.165) is 16.9 Å². The average Bonchev–Trinajstić information content (AvgIpc) is 3.04. The van der Waals surface area contributed by atoms with Gasteiger partial charge in [0.2, 0.25) is 0 Å². The van der Waals surface area contributed by atoms with Crippen LogP contribution in [0.5, 0.6) is 0 Å². The summed E-state index contributed by atoms with van der Waals surface area (Å²) in [6, 6.07) is 15.0. The summed E-state index contributed by atoms with van der Waals surface area (Å²) >= 11 is 1.16. The van der Waals surface area contributed by atoms with Gasteiger partial charge in [-0.1, -0.05) is 42.5 Å². The van der Waals surface area contributed by atoms with Crippen LogP contribution in [0, 0.1) is 5.82 Å². The molecule has 2 aromatic carbocycles. The molecule has 1 N–H and O–H groups in total. The molecular formula is C19H15FN2O3S. The SMILES string of the molecule is COC(=O)Cc1sc(NC(=O)c2ccccc2F)nc1-c1ccccc1. The molecule has 0 atom stereocenters. The van der Waals surface area contributed by atoms with E-state index in [-0.39, 0.29) is 17.1 Å². The smallest absolute Gasteiger partial charge is 0.310 e. The van der Waals surface area contributed by atoms with Crippen molar-refractivity contribution in [3.05, 3.63) is 70.9 Å². The first-order chi connectivity index (χ1) is 12.6. The summed E-state index contributed by atoms with van der Waals surface area (Å²) < 4.78 is 18.5. The van der Waals surface area contributed by atoms with E-state index in [9.17, 15) is 14.0 Å². The highest BCUT2D eigenvalue weighted by atomic mass is 32.1. The Labute approximate surface area is 153 Å². The molecule has 0 unspecified atom stereocenters. The molecule has 0 saturated carbocycles. The van der Waals surface area contributed by atoms with Crippen LogP contribution >= 0.6 is 11.3 Å². The van der Waals surface area contributed by atoms with Crippen molar-refractivity contribution >= 4 is 28.3 Å². The summed E-state index contributed by atoms with van der Waals surface area (Å²) in [5.74, 6) is -1.61. The highest BCUT2D eigenvalue weighted by Gasteiger charge is 2.19. The molecule has 3 rings (SSSR count). The van der Waals surface area contributed by atoms with Crippen LogP contribution in [0.25, 0.3) is 11.3 Å². The third-order valence-electron chi connectivity index (χ3n) is 3.62. The number of carbonyl (C=O) groups is 2.